The largest absolute Gasteiger partial charge is 0.363 e. The summed E-state index contributed by atoms with van der Waals surface area (Å²) in [7, 11) is 0. The summed E-state index contributed by atoms with van der Waals surface area (Å²) in [5.74, 6) is -0.534. The second-order valence-electron chi connectivity index (χ2n) is 9.37. The van der Waals surface area contributed by atoms with Gasteiger partial charge in [0.15, 0.2) is 0 Å². The average Bonchev–Trinajstić information content (AvgIpc) is 2.84. The lowest BCUT2D eigenvalue weighted by atomic mass is 9.63. The first-order chi connectivity index (χ1) is 16.4. The van der Waals surface area contributed by atoms with Crippen molar-refractivity contribution in [1.29, 1.82) is 0 Å². The summed E-state index contributed by atoms with van der Waals surface area (Å²) >= 11 is 0. The molecule has 0 saturated carbocycles. The normalized spacial score (nSPS) is 20.0. The zero-order valence-corrected chi connectivity index (χ0v) is 19.1. The molecular weight excluding hydrogens is 434 g/mol. The van der Waals surface area contributed by atoms with Crippen LogP contribution in [0.25, 0.3) is 0 Å². The van der Waals surface area contributed by atoms with Crippen molar-refractivity contribution in [3.8, 4) is 0 Å². The van der Waals surface area contributed by atoms with Gasteiger partial charge < -0.3 is 15.1 Å². The zero-order chi connectivity index (χ0) is 23.7. The number of carbonyl (C=O) groups is 1. The number of nitrogens with zero attached hydrogens (tertiary/aromatic N) is 3. The summed E-state index contributed by atoms with van der Waals surface area (Å²) in [5, 5.41) is 3.04. The number of rotatable bonds is 4. The van der Waals surface area contributed by atoms with Crippen LogP contribution in [0.1, 0.15) is 43.0 Å². The van der Waals surface area contributed by atoms with Crippen LogP contribution in [-0.4, -0.2) is 35.5 Å². The molecule has 1 N–H and O–H groups in total. The quantitative estimate of drug-likeness (QED) is 0.559. The number of hydrogen-bond donors (Lipinski definition) is 1. The minimum Gasteiger partial charge on any atom is -0.363 e. The van der Waals surface area contributed by atoms with Crippen LogP contribution in [-0.2, 0) is 0 Å². The molecule has 2 aliphatic heterocycles. The molecule has 3 heterocycles. The summed E-state index contributed by atoms with van der Waals surface area (Å²) in [4.78, 5) is 21.4. The molecule has 2 aromatic carbocycles. The number of urea groups is 1. The van der Waals surface area contributed by atoms with Crippen molar-refractivity contribution in [3.05, 3.63) is 95.8 Å². The summed E-state index contributed by atoms with van der Waals surface area (Å²) in [5.41, 5.74) is 3.04. The van der Waals surface area contributed by atoms with E-state index in [2.05, 4.69) is 21.3 Å². The van der Waals surface area contributed by atoms with Gasteiger partial charge in [0, 0.05) is 43.1 Å². The monoisotopic (exact) mass is 462 g/mol. The third kappa shape index (κ3) is 4.22. The minimum absolute atomic E-state index is 0.0385. The third-order valence-corrected chi connectivity index (χ3v) is 7.29. The molecule has 2 saturated heterocycles. The Morgan fingerprint density at radius 3 is 2.29 bits per heavy atom. The van der Waals surface area contributed by atoms with E-state index in [4.69, 9.17) is 0 Å². The van der Waals surface area contributed by atoms with Gasteiger partial charge in [-0.1, -0.05) is 18.2 Å². The maximum atomic E-state index is 13.5. The number of anilines is 1. The van der Waals surface area contributed by atoms with E-state index in [0.717, 1.165) is 36.2 Å². The zero-order valence-electron chi connectivity index (χ0n) is 19.1. The topological polar surface area (TPSA) is 48.5 Å². The molecule has 176 valence electrons. The van der Waals surface area contributed by atoms with Crippen molar-refractivity contribution < 1.29 is 13.6 Å². The molecule has 0 radical (unpaired) electrons. The van der Waals surface area contributed by atoms with Crippen LogP contribution in [0.3, 0.4) is 0 Å². The molecule has 7 heteroatoms. The van der Waals surface area contributed by atoms with E-state index in [1.54, 1.807) is 18.3 Å². The van der Waals surface area contributed by atoms with Crippen molar-refractivity contribution >= 4 is 11.7 Å². The van der Waals surface area contributed by atoms with E-state index in [9.17, 15) is 13.6 Å². The van der Waals surface area contributed by atoms with Crippen molar-refractivity contribution in [2.24, 2.45) is 5.41 Å². The molecule has 0 bridgehead atoms. The van der Waals surface area contributed by atoms with Crippen LogP contribution in [0.15, 0.2) is 73.1 Å². The van der Waals surface area contributed by atoms with Crippen LogP contribution in [0.2, 0.25) is 0 Å². The fourth-order valence-electron chi connectivity index (χ4n) is 5.38. The highest BCUT2D eigenvalue weighted by atomic mass is 19.1. The maximum absolute atomic E-state index is 13.5. The lowest BCUT2D eigenvalue weighted by molar-refractivity contribution is 0.0431. The number of nitrogens with one attached hydrogen (secondary N) is 1. The number of piperidine rings is 1. The fourth-order valence-corrected chi connectivity index (χ4v) is 5.38. The van der Waals surface area contributed by atoms with Gasteiger partial charge in [0.25, 0.3) is 0 Å². The Morgan fingerprint density at radius 2 is 1.68 bits per heavy atom. The predicted octanol–water partition coefficient (Wildman–Crippen LogP) is 5.47. The van der Waals surface area contributed by atoms with Crippen LogP contribution < -0.4 is 10.2 Å². The van der Waals surface area contributed by atoms with Gasteiger partial charge in [-0.05, 0) is 73.4 Å². The van der Waals surface area contributed by atoms with Gasteiger partial charge in [-0.15, -0.1) is 0 Å². The number of halogens is 2. The van der Waals surface area contributed by atoms with Crippen molar-refractivity contribution in [3.63, 3.8) is 0 Å². The highest BCUT2D eigenvalue weighted by Gasteiger charge is 2.54. The Hall–Kier alpha value is -3.48. The minimum atomic E-state index is -0.290. The molecule has 3 aromatic rings. The molecule has 2 amide bonds. The molecule has 1 aromatic heterocycles. The van der Waals surface area contributed by atoms with Gasteiger partial charge in [0.05, 0.1) is 12.1 Å². The maximum Gasteiger partial charge on any atom is 0.317 e. The van der Waals surface area contributed by atoms with E-state index in [0.29, 0.717) is 13.1 Å². The fraction of sp³-hybridized carbons (Fsp3) is 0.333. The highest BCUT2D eigenvalue weighted by Crippen LogP contribution is 2.56. The standard InChI is InChI=1S/C27H28F2N4O/c1-19(20-4-6-22(28)7-5-20)31-26(34)32-15-12-27(13-16-32)18-33(24-10-8-23(29)9-11-24)25(27)21-3-2-14-30-17-21/h2-11,14,17,19,25H,12-13,15-16,18H2,1H3,(H,31,34)/t19-,25?/m0/s1. The molecule has 2 fully saturated rings. The lowest BCUT2D eigenvalue weighted by Crippen LogP contribution is -2.63. The van der Waals surface area contributed by atoms with Gasteiger partial charge >= 0.3 is 6.03 Å². The number of carbonyl (C=O) groups excluding carboxylic acids is 1. The molecule has 34 heavy (non-hydrogen) atoms. The van der Waals surface area contributed by atoms with E-state index in [1.807, 2.05) is 36.2 Å². The molecular formula is C27H28F2N4O. The number of benzene rings is 2. The molecule has 5 rings (SSSR count). The molecule has 1 spiro atoms. The first-order valence-corrected chi connectivity index (χ1v) is 11.7. The van der Waals surface area contributed by atoms with Gasteiger partial charge in [0.1, 0.15) is 11.6 Å². The molecule has 0 aliphatic carbocycles. The van der Waals surface area contributed by atoms with E-state index < -0.39 is 0 Å². The van der Waals surface area contributed by atoms with Gasteiger partial charge in [-0.25, -0.2) is 13.6 Å². The number of aromatic nitrogens is 1. The number of hydrogen-bond acceptors (Lipinski definition) is 3. The van der Waals surface area contributed by atoms with Gasteiger partial charge in [-0.3, -0.25) is 4.98 Å². The third-order valence-electron chi connectivity index (χ3n) is 7.29. The van der Waals surface area contributed by atoms with Crippen LogP contribution in [0.5, 0.6) is 0 Å². The summed E-state index contributed by atoms with van der Waals surface area (Å²) in [6, 6.07) is 16.7. The molecule has 5 nitrogen and oxygen atoms in total. The second-order valence-corrected chi connectivity index (χ2v) is 9.37. The van der Waals surface area contributed by atoms with Crippen molar-refractivity contribution in [1.82, 2.24) is 15.2 Å². The Kier molecular flexibility index (Phi) is 5.94. The average molecular weight is 463 g/mol. The first kappa shape index (κ1) is 22.3. The SMILES string of the molecule is C[C@H](NC(=O)N1CCC2(CC1)CN(c1ccc(F)cc1)C2c1cccnc1)c1ccc(F)cc1. The van der Waals surface area contributed by atoms with Gasteiger partial charge in [0.2, 0.25) is 0 Å². The number of amides is 2. The van der Waals surface area contributed by atoms with Crippen LogP contribution >= 0.6 is 0 Å². The smallest absolute Gasteiger partial charge is 0.317 e. The first-order valence-electron chi connectivity index (χ1n) is 11.7. The molecule has 2 aliphatic rings. The Morgan fingerprint density at radius 1 is 1.03 bits per heavy atom. The number of likely N-dealkylation sites (tertiary alicyclic amines) is 1. The van der Waals surface area contributed by atoms with Crippen LogP contribution in [0, 0.1) is 17.0 Å². The number of pyridine rings is 1. The Balaban J connectivity index is 1.27. The highest BCUT2D eigenvalue weighted by molar-refractivity contribution is 5.75. The molecule has 2 atom stereocenters. The van der Waals surface area contributed by atoms with Crippen molar-refractivity contribution in [2.75, 3.05) is 24.5 Å². The van der Waals surface area contributed by atoms with E-state index >= 15 is 0 Å². The summed E-state index contributed by atoms with van der Waals surface area (Å²) in [6.45, 7) is 4.09. The second kappa shape index (κ2) is 9.05. The summed E-state index contributed by atoms with van der Waals surface area (Å²) < 4.78 is 26.7. The van der Waals surface area contributed by atoms with E-state index in [-0.39, 0.29) is 35.2 Å². The van der Waals surface area contributed by atoms with Crippen LogP contribution in [0.4, 0.5) is 19.3 Å². The molecule has 1 unspecified atom stereocenters. The van der Waals surface area contributed by atoms with E-state index in [1.165, 1.54) is 24.3 Å². The van der Waals surface area contributed by atoms with Crippen molar-refractivity contribution in [2.45, 2.75) is 31.8 Å². The lowest BCUT2D eigenvalue weighted by Gasteiger charge is -2.61. The van der Waals surface area contributed by atoms with Gasteiger partial charge in [-0.2, -0.15) is 0 Å². The summed E-state index contributed by atoms with van der Waals surface area (Å²) in [6.07, 6.45) is 5.43. The Bertz CT molecular complexity index is 1130. The Labute approximate surface area is 198 Å². The predicted molar refractivity (Wildman–Crippen MR) is 127 cm³/mol.